The van der Waals surface area contributed by atoms with E-state index in [-0.39, 0.29) is 5.54 Å². The maximum absolute atomic E-state index is 2.31. The highest BCUT2D eigenvalue weighted by Crippen LogP contribution is 2.40. The summed E-state index contributed by atoms with van der Waals surface area (Å²) in [5, 5.41) is 0. The molecule has 80 valence electrons. The van der Waals surface area contributed by atoms with Gasteiger partial charge in [0, 0.05) is 11.1 Å². The summed E-state index contributed by atoms with van der Waals surface area (Å²) in [6.07, 6.45) is 4.57. The van der Waals surface area contributed by atoms with E-state index < -0.39 is 0 Å². The molecule has 0 N–H and O–H groups in total. The smallest absolute Gasteiger partial charge is 0.143 e. The first-order valence-electron chi connectivity index (χ1n) is 5.50. The molecule has 0 unspecified atom stereocenters. The van der Waals surface area contributed by atoms with Crippen LogP contribution in [0.4, 0.5) is 5.69 Å². The van der Waals surface area contributed by atoms with Crippen LogP contribution in [0.3, 0.4) is 0 Å². The summed E-state index contributed by atoms with van der Waals surface area (Å²) < 4.78 is 0.922. The number of para-hydroxylation sites is 1. The predicted octanol–water partition coefficient (Wildman–Crippen LogP) is 3.37. The van der Waals surface area contributed by atoms with Crippen molar-refractivity contribution in [2.24, 2.45) is 0 Å². The van der Waals surface area contributed by atoms with Gasteiger partial charge in [0.05, 0.1) is 14.1 Å². The number of fused-ring (bicyclic) bond motifs is 1. The molecule has 0 spiro atoms. The van der Waals surface area contributed by atoms with Crippen molar-refractivity contribution in [2.45, 2.75) is 26.3 Å². The number of likely N-dealkylation sites (N-methyl/N-ethyl adjacent to an activating group) is 1. The van der Waals surface area contributed by atoms with Crippen molar-refractivity contribution in [3.8, 4) is 0 Å². The molecular formula is C14H20N+. The minimum Gasteiger partial charge on any atom is -0.288 e. The van der Waals surface area contributed by atoms with Gasteiger partial charge >= 0.3 is 0 Å². The third-order valence-corrected chi connectivity index (χ3v) is 3.94. The summed E-state index contributed by atoms with van der Waals surface area (Å²) in [4.78, 5) is 0. The van der Waals surface area contributed by atoms with Crippen LogP contribution in [0, 0.1) is 6.92 Å². The first-order chi connectivity index (χ1) is 6.86. The second kappa shape index (κ2) is 2.96. The van der Waals surface area contributed by atoms with Crippen molar-refractivity contribution in [3.63, 3.8) is 0 Å². The Morgan fingerprint density at radius 2 is 1.80 bits per heavy atom. The summed E-state index contributed by atoms with van der Waals surface area (Å²) in [6, 6.07) is 6.54. The van der Waals surface area contributed by atoms with Gasteiger partial charge in [-0.25, -0.2) is 0 Å². The van der Waals surface area contributed by atoms with Crippen LogP contribution in [-0.2, 0) is 0 Å². The van der Waals surface area contributed by atoms with E-state index in [1.54, 1.807) is 0 Å². The van der Waals surface area contributed by atoms with E-state index in [0.717, 1.165) is 4.48 Å². The van der Waals surface area contributed by atoms with Crippen molar-refractivity contribution in [2.75, 3.05) is 14.1 Å². The fourth-order valence-electron chi connectivity index (χ4n) is 2.35. The molecule has 1 heteroatoms. The summed E-state index contributed by atoms with van der Waals surface area (Å²) in [5.41, 5.74) is 4.36. The zero-order chi connectivity index (χ0) is 11.3. The molecule has 1 aromatic carbocycles. The summed E-state index contributed by atoms with van der Waals surface area (Å²) >= 11 is 0. The van der Waals surface area contributed by atoms with Gasteiger partial charge in [-0.05, 0) is 39.0 Å². The van der Waals surface area contributed by atoms with Crippen LogP contribution < -0.4 is 4.48 Å². The van der Waals surface area contributed by atoms with Crippen molar-refractivity contribution in [1.82, 2.24) is 4.48 Å². The van der Waals surface area contributed by atoms with E-state index in [0.29, 0.717) is 0 Å². The van der Waals surface area contributed by atoms with Gasteiger partial charge in [-0.2, -0.15) is 0 Å². The van der Waals surface area contributed by atoms with Crippen LogP contribution in [0.15, 0.2) is 24.3 Å². The van der Waals surface area contributed by atoms with Crippen LogP contribution in [0.2, 0.25) is 0 Å². The third kappa shape index (κ3) is 1.34. The zero-order valence-electron chi connectivity index (χ0n) is 10.3. The van der Waals surface area contributed by atoms with Gasteiger partial charge in [0.25, 0.3) is 0 Å². The molecule has 0 aliphatic carbocycles. The van der Waals surface area contributed by atoms with E-state index in [1.165, 1.54) is 16.8 Å². The lowest BCUT2D eigenvalue weighted by atomic mass is 9.90. The summed E-state index contributed by atoms with van der Waals surface area (Å²) in [5.74, 6) is 0. The average Bonchev–Trinajstić information content (AvgIpc) is 2.12. The number of rotatable bonds is 0. The largest absolute Gasteiger partial charge is 0.288 e. The van der Waals surface area contributed by atoms with Gasteiger partial charge in [0.2, 0.25) is 0 Å². The second-order valence-electron chi connectivity index (χ2n) is 5.45. The second-order valence-corrected chi connectivity index (χ2v) is 5.45. The number of hydrogen-bond donors (Lipinski definition) is 0. The van der Waals surface area contributed by atoms with Gasteiger partial charge < -0.3 is 0 Å². The van der Waals surface area contributed by atoms with Gasteiger partial charge in [-0.3, -0.25) is 4.48 Å². The SMILES string of the molecule is Cc1cccc2c1[N+](C)(C)C(C)(C)C=C2. The fraction of sp³-hybridized carbons (Fsp3) is 0.429. The van der Waals surface area contributed by atoms with Crippen LogP contribution in [0.25, 0.3) is 6.08 Å². The molecule has 0 aromatic heterocycles. The molecule has 0 amide bonds. The first kappa shape index (κ1) is 10.4. The molecule has 1 aliphatic rings. The highest BCUT2D eigenvalue weighted by atomic mass is 15.4. The minimum atomic E-state index is 0.166. The van der Waals surface area contributed by atoms with Crippen molar-refractivity contribution in [3.05, 3.63) is 35.4 Å². The monoisotopic (exact) mass is 202 g/mol. The summed E-state index contributed by atoms with van der Waals surface area (Å²) in [6.45, 7) is 6.78. The predicted molar refractivity (Wildman–Crippen MR) is 67.9 cm³/mol. The van der Waals surface area contributed by atoms with Gasteiger partial charge in [-0.1, -0.05) is 12.1 Å². The fourth-order valence-corrected chi connectivity index (χ4v) is 2.35. The van der Waals surface area contributed by atoms with Crippen LogP contribution in [0.1, 0.15) is 25.0 Å². The Bertz CT molecular complexity index is 425. The normalized spacial score (nSPS) is 21.1. The lowest BCUT2D eigenvalue weighted by molar-refractivity contribution is 0.247. The Labute approximate surface area is 92.6 Å². The van der Waals surface area contributed by atoms with E-state index in [2.05, 4.69) is 65.2 Å². The van der Waals surface area contributed by atoms with Gasteiger partial charge in [0.1, 0.15) is 11.2 Å². The van der Waals surface area contributed by atoms with E-state index in [1.807, 2.05) is 0 Å². The molecule has 0 fully saturated rings. The average molecular weight is 202 g/mol. The molecule has 0 bridgehead atoms. The molecule has 1 nitrogen and oxygen atoms in total. The lowest BCUT2D eigenvalue weighted by Gasteiger charge is -2.46. The minimum absolute atomic E-state index is 0.166. The molecule has 0 saturated carbocycles. The number of aryl methyl sites for hydroxylation is 1. The highest BCUT2D eigenvalue weighted by molar-refractivity contribution is 5.73. The Balaban J connectivity index is 2.74. The lowest BCUT2D eigenvalue weighted by Crippen LogP contribution is -2.57. The molecule has 1 aliphatic heterocycles. The van der Waals surface area contributed by atoms with Crippen LogP contribution >= 0.6 is 0 Å². The first-order valence-corrected chi connectivity index (χ1v) is 5.50. The Morgan fingerprint density at radius 1 is 1.13 bits per heavy atom. The molecule has 0 saturated heterocycles. The molecule has 1 heterocycles. The quantitative estimate of drug-likeness (QED) is 0.566. The van der Waals surface area contributed by atoms with E-state index >= 15 is 0 Å². The molecular weight excluding hydrogens is 182 g/mol. The van der Waals surface area contributed by atoms with Gasteiger partial charge in [-0.15, -0.1) is 0 Å². The Hall–Kier alpha value is -1.08. The number of hydrogen-bond acceptors (Lipinski definition) is 0. The van der Waals surface area contributed by atoms with Crippen molar-refractivity contribution in [1.29, 1.82) is 0 Å². The van der Waals surface area contributed by atoms with Crippen molar-refractivity contribution < 1.29 is 0 Å². The zero-order valence-corrected chi connectivity index (χ0v) is 10.3. The Kier molecular flexibility index (Phi) is 2.06. The van der Waals surface area contributed by atoms with E-state index in [9.17, 15) is 0 Å². The molecule has 1 aromatic rings. The maximum atomic E-state index is 2.31. The van der Waals surface area contributed by atoms with E-state index in [4.69, 9.17) is 0 Å². The standard InChI is InChI=1S/C14H20N/c1-11-7-6-8-12-9-10-14(2,3)15(4,5)13(11)12/h6-10H,1-5H3/q+1. The molecule has 15 heavy (non-hydrogen) atoms. The molecule has 0 atom stereocenters. The number of benzene rings is 1. The summed E-state index contributed by atoms with van der Waals surface area (Å²) in [7, 11) is 4.57. The van der Waals surface area contributed by atoms with Crippen molar-refractivity contribution >= 4 is 11.8 Å². The molecule has 0 radical (unpaired) electrons. The van der Waals surface area contributed by atoms with Crippen LogP contribution in [0.5, 0.6) is 0 Å². The van der Waals surface area contributed by atoms with Gasteiger partial charge in [0.15, 0.2) is 0 Å². The topological polar surface area (TPSA) is 0 Å². The third-order valence-electron chi connectivity index (χ3n) is 3.94. The Morgan fingerprint density at radius 3 is 2.47 bits per heavy atom. The molecule has 2 rings (SSSR count). The number of quaternary nitrogens is 1. The van der Waals surface area contributed by atoms with Crippen LogP contribution in [-0.4, -0.2) is 19.6 Å². The highest BCUT2D eigenvalue weighted by Gasteiger charge is 2.40. The number of nitrogens with zero attached hydrogens (tertiary/aromatic N) is 1. The maximum Gasteiger partial charge on any atom is 0.143 e.